The third kappa shape index (κ3) is 3.58. The largest absolute Gasteiger partial charge is 0.545 e. The minimum atomic E-state index is -1.41. The van der Waals surface area contributed by atoms with Crippen molar-refractivity contribution in [2.45, 2.75) is 0 Å². The molecule has 2 rings (SSSR count). The molecule has 0 fully saturated rings. The minimum absolute atomic E-state index is 0.0551. The Labute approximate surface area is 140 Å². The molecule has 0 aliphatic rings. The molecule has 0 atom stereocenters. The van der Waals surface area contributed by atoms with Crippen molar-refractivity contribution in [2.75, 3.05) is 12.4 Å². The summed E-state index contributed by atoms with van der Waals surface area (Å²) in [5.74, 6) is -1.58. The number of aromatic carboxylic acids is 1. The van der Waals surface area contributed by atoms with Gasteiger partial charge in [0.05, 0.1) is 24.3 Å². The standard InChI is InChI=1S/C15H11BrClNO4/c1-22-13-5-2-8(16)6-11(13)14(19)18-12-7-9(17)3-4-10(12)15(20)21/h2-7H,1H3,(H,18,19)(H,20,21)/p-1. The number of halogens is 2. The number of anilines is 1. The van der Waals surface area contributed by atoms with Gasteiger partial charge in [0.15, 0.2) is 0 Å². The molecule has 0 radical (unpaired) electrons. The molecule has 0 aliphatic heterocycles. The molecule has 2 aromatic carbocycles. The number of carboxylic acid groups (broad SMARTS) is 1. The Bertz CT molecular complexity index is 748. The Morgan fingerprint density at radius 1 is 1.18 bits per heavy atom. The van der Waals surface area contributed by atoms with Crippen LogP contribution in [0, 0.1) is 0 Å². The van der Waals surface area contributed by atoms with Crippen molar-refractivity contribution in [1.82, 2.24) is 0 Å². The summed E-state index contributed by atoms with van der Waals surface area (Å²) >= 11 is 9.11. The second kappa shape index (κ2) is 6.81. The topological polar surface area (TPSA) is 78.5 Å². The highest BCUT2D eigenvalue weighted by Crippen LogP contribution is 2.26. The van der Waals surface area contributed by atoms with Crippen LogP contribution in [0.25, 0.3) is 0 Å². The van der Waals surface area contributed by atoms with Crippen LogP contribution in [-0.4, -0.2) is 19.0 Å². The molecule has 0 saturated carbocycles. The van der Waals surface area contributed by atoms with E-state index in [1.165, 1.54) is 25.3 Å². The first kappa shape index (κ1) is 16.3. The van der Waals surface area contributed by atoms with Crippen LogP contribution in [0.4, 0.5) is 5.69 Å². The second-order valence-corrected chi connectivity index (χ2v) is 5.63. The van der Waals surface area contributed by atoms with Gasteiger partial charge >= 0.3 is 0 Å². The van der Waals surface area contributed by atoms with E-state index < -0.39 is 11.9 Å². The van der Waals surface area contributed by atoms with E-state index in [9.17, 15) is 14.7 Å². The van der Waals surface area contributed by atoms with Gasteiger partial charge in [-0.05, 0) is 36.4 Å². The van der Waals surface area contributed by atoms with Gasteiger partial charge in [-0.1, -0.05) is 27.5 Å². The number of carbonyl (C=O) groups is 2. The van der Waals surface area contributed by atoms with Gasteiger partial charge < -0.3 is 20.0 Å². The number of nitrogens with one attached hydrogen (secondary N) is 1. The van der Waals surface area contributed by atoms with Gasteiger partial charge in [0.1, 0.15) is 5.75 Å². The van der Waals surface area contributed by atoms with E-state index in [4.69, 9.17) is 16.3 Å². The zero-order valence-corrected chi connectivity index (χ0v) is 13.7. The number of rotatable bonds is 4. The van der Waals surface area contributed by atoms with E-state index in [1.54, 1.807) is 18.2 Å². The Hall–Kier alpha value is -2.05. The molecule has 0 aliphatic carbocycles. The lowest BCUT2D eigenvalue weighted by atomic mass is 10.1. The normalized spacial score (nSPS) is 10.1. The highest BCUT2D eigenvalue weighted by molar-refractivity contribution is 9.10. The zero-order chi connectivity index (χ0) is 16.3. The quantitative estimate of drug-likeness (QED) is 0.880. The van der Waals surface area contributed by atoms with E-state index in [0.717, 1.165) is 0 Å². The molecule has 0 saturated heterocycles. The number of amides is 1. The van der Waals surface area contributed by atoms with Crippen molar-refractivity contribution >= 4 is 45.1 Å². The minimum Gasteiger partial charge on any atom is -0.545 e. The van der Waals surface area contributed by atoms with Crippen molar-refractivity contribution in [2.24, 2.45) is 0 Å². The molecule has 5 nitrogen and oxygen atoms in total. The van der Waals surface area contributed by atoms with Gasteiger partial charge in [0.2, 0.25) is 0 Å². The molecule has 0 unspecified atom stereocenters. The van der Waals surface area contributed by atoms with Gasteiger partial charge in [-0.25, -0.2) is 0 Å². The average Bonchev–Trinajstić information content (AvgIpc) is 2.46. The number of ether oxygens (including phenoxy) is 1. The van der Waals surface area contributed by atoms with Crippen LogP contribution >= 0.6 is 27.5 Å². The first-order chi connectivity index (χ1) is 10.4. The van der Waals surface area contributed by atoms with E-state index in [0.29, 0.717) is 15.2 Å². The Morgan fingerprint density at radius 3 is 2.55 bits per heavy atom. The van der Waals surface area contributed by atoms with Crippen molar-refractivity contribution in [1.29, 1.82) is 0 Å². The summed E-state index contributed by atoms with van der Waals surface area (Å²) in [5.41, 5.74) is 0.146. The molecular weight excluding hydrogens is 374 g/mol. The average molecular weight is 384 g/mol. The molecule has 7 heteroatoms. The molecule has 2 aromatic rings. The Balaban J connectivity index is 2.39. The lowest BCUT2D eigenvalue weighted by molar-refractivity contribution is -0.254. The molecule has 1 amide bonds. The summed E-state index contributed by atoms with van der Waals surface area (Å²) in [6.07, 6.45) is 0. The fourth-order valence-electron chi connectivity index (χ4n) is 1.85. The molecule has 1 N–H and O–H groups in total. The summed E-state index contributed by atoms with van der Waals surface area (Å²) in [5, 5.41) is 13.9. The van der Waals surface area contributed by atoms with Gasteiger partial charge in [-0.2, -0.15) is 0 Å². The van der Waals surface area contributed by atoms with Crippen LogP contribution in [0.5, 0.6) is 5.75 Å². The number of carboxylic acids is 1. The van der Waals surface area contributed by atoms with E-state index in [2.05, 4.69) is 21.2 Å². The van der Waals surface area contributed by atoms with Crippen LogP contribution in [-0.2, 0) is 0 Å². The predicted octanol–water partition coefficient (Wildman–Crippen LogP) is 2.73. The highest BCUT2D eigenvalue weighted by atomic mass is 79.9. The molecule has 0 spiro atoms. The summed E-state index contributed by atoms with van der Waals surface area (Å²) in [4.78, 5) is 23.5. The van der Waals surface area contributed by atoms with Crippen LogP contribution in [0.2, 0.25) is 5.02 Å². The maximum atomic E-state index is 12.4. The molecule has 0 aromatic heterocycles. The smallest absolute Gasteiger partial charge is 0.259 e. The molecular formula is C15H10BrClNO4-. The summed E-state index contributed by atoms with van der Waals surface area (Å²) in [6, 6.07) is 8.93. The third-order valence-electron chi connectivity index (χ3n) is 2.86. The van der Waals surface area contributed by atoms with E-state index in [-0.39, 0.29) is 16.8 Å². The summed E-state index contributed by atoms with van der Waals surface area (Å²) in [6.45, 7) is 0. The number of carbonyl (C=O) groups excluding carboxylic acids is 2. The number of hydrogen-bond donors (Lipinski definition) is 1. The molecule has 22 heavy (non-hydrogen) atoms. The van der Waals surface area contributed by atoms with Crippen molar-refractivity contribution < 1.29 is 19.4 Å². The molecule has 114 valence electrons. The number of methoxy groups -OCH3 is 1. The predicted molar refractivity (Wildman–Crippen MR) is 84.4 cm³/mol. The summed E-state index contributed by atoms with van der Waals surface area (Å²) in [7, 11) is 1.44. The fraction of sp³-hybridized carbons (Fsp3) is 0.0667. The first-order valence-electron chi connectivity index (χ1n) is 6.08. The molecule has 0 heterocycles. The Kier molecular flexibility index (Phi) is 5.05. The van der Waals surface area contributed by atoms with Crippen molar-refractivity contribution in [3.05, 3.63) is 57.0 Å². The molecule has 0 bridgehead atoms. The fourth-order valence-corrected chi connectivity index (χ4v) is 2.38. The van der Waals surface area contributed by atoms with E-state index >= 15 is 0 Å². The van der Waals surface area contributed by atoms with Crippen LogP contribution in [0.3, 0.4) is 0 Å². The zero-order valence-electron chi connectivity index (χ0n) is 11.4. The van der Waals surface area contributed by atoms with Gasteiger partial charge in [0.25, 0.3) is 5.91 Å². The van der Waals surface area contributed by atoms with E-state index in [1.807, 2.05) is 0 Å². The van der Waals surface area contributed by atoms with Crippen LogP contribution in [0.15, 0.2) is 40.9 Å². The van der Waals surface area contributed by atoms with Crippen molar-refractivity contribution in [3.8, 4) is 5.75 Å². The lowest BCUT2D eigenvalue weighted by Crippen LogP contribution is -2.25. The van der Waals surface area contributed by atoms with Gasteiger partial charge in [0, 0.05) is 15.1 Å². The Morgan fingerprint density at radius 2 is 1.91 bits per heavy atom. The van der Waals surface area contributed by atoms with Crippen LogP contribution < -0.4 is 15.2 Å². The number of benzene rings is 2. The third-order valence-corrected chi connectivity index (χ3v) is 3.58. The van der Waals surface area contributed by atoms with Gasteiger partial charge in [-0.3, -0.25) is 4.79 Å². The second-order valence-electron chi connectivity index (χ2n) is 4.28. The van der Waals surface area contributed by atoms with Crippen molar-refractivity contribution in [3.63, 3.8) is 0 Å². The summed E-state index contributed by atoms with van der Waals surface area (Å²) < 4.78 is 5.81. The number of hydrogen-bond acceptors (Lipinski definition) is 4. The van der Waals surface area contributed by atoms with Crippen LogP contribution in [0.1, 0.15) is 20.7 Å². The van der Waals surface area contributed by atoms with Gasteiger partial charge in [-0.15, -0.1) is 0 Å². The maximum absolute atomic E-state index is 12.4. The monoisotopic (exact) mass is 382 g/mol. The SMILES string of the molecule is COc1ccc(Br)cc1C(=O)Nc1cc(Cl)ccc1C(=O)[O-]. The highest BCUT2D eigenvalue weighted by Gasteiger charge is 2.15. The first-order valence-corrected chi connectivity index (χ1v) is 7.25. The maximum Gasteiger partial charge on any atom is 0.259 e. The lowest BCUT2D eigenvalue weighted by Gasteiger charge is -2.14.